The third-order valence-electron chi connectivity index (χ3n) is 6.03. The number of carbonyl (C=O) groups excluding carboxylic acids is 2. The third kappa shape index (κ3) is 4.95. The molecule has 1 N–H and O–H groups in total. The minimum absolute atomic E-state index is 0.0238. The maximum atomic E-state index is 13.2. The Hall–Kier alpha value is -3.76. The van der Waals surface area contributed by atoms with Crippen molar-refractivity contribution in [3.05, 3.63) is 57.2 Å². The van der Waals surface area contributed by atoms with E-state index in [1.54, 1.807) is 24.3 Å². The van der Waals surface area contributed by atoms with Crippen molar-refractivity contribution in [3.63, 3.8) is 0 Å². The molecule has 0 radical (unpaired) electrons. The Morgan fingerprint density at radius 3 is 2.56 bits per heavy atom. The molecule has 2 heterocycles. The van der Waals surface area contributed by atoms with Gasteiger partial charge in [0.15, 0.2) is 5.43 Å². The number of rotatable bonds is 4. The molecular formula is C25H24ClNO9. The fraction of sp³-hybridized carbons (Fsp3) is 0.320. The van der Waals surface area contributed by atoms with Crippen LogP contribution < -0.4 is 10.2 Å². The molecule has 0 amide bonds. The van der Waals surface area contributed by atoms with E-state index < -0.39 is 35.5 Å². The molecule has 1 fully saturated rings. The van der Waals surface area contributed by atoms with Gasteiger partial charge in [-0.3, -0.25) is 4.79 Å². The van der Waals surface area contributed by atoms with Crippen molar-refractivity contribution in [3.8, 4) is 22.8 Å². The zero-order valence-corrected chi connectivity index (χ0v) is 20.5. The standard InChI is InChI=1S/C25H24ClNO9/c1-27-9-8-14(20(12-27)36-25(31)33-3)21-19(35-24(30)32-2)11-17(29)22-16(28)10-18(34-23(21)22)13-6-4-5-7-15(13)26/h4-7,10-11,14,20,29H,8-9,12H2,1-3H3/t14-,20+/m0/s1. The third-order valence-corrected chi connectivity index (χ3v) is 6.36. The summed E-state index contributed by atoms with van der Waals surface area (Å²) in [4.78, 5) is 39.2. The smallest absolute Gasteiger partial charge is 0.507 e. The first-order valence-electron chi connectivity index (χ1n) is 11.0. The van der Waals surface area contributed by atoms with Crippen LogP contribution in [0.25, 0.3) is 22.3 Å². The number of methoxy groups -OCH3 is 2. The number of carbonyl (C=O) groups is 2. The Balaban J connectivity index is 2.01. The molecule has 3 aromatic rings. The van der Waals surface area contributed by atoms with E-state index in [1.807, 2.05) is 11.9 Å². The molecule has 2 atom stereocenters. The lowest BCUT2D eigenvalue weighted by Gasteiger charge is -2.36. The van der Waals surface area contributed by atoms with Gasteiger partial charge in [0.2, 0.25) is 0 Å². The molecule has 0 spiro atoms. The second kappa shape index (κ2) is 10.5. The van der Waals surface area contributed by atoms with Crippen molar-refractivity contribution in [2.24, 2.45) is 0 Å². The molecular weight excluding hydrogens is 494 g/mol. The molecule has 2 aromatic carbocycles. The minimum atomic E-state index is -1.04. The lowest BCUT2D eigenvalue weighted by molar-refractivity contribution is -0.00234. The van der Waals surface area contributed by atoms with Gasteiger partial charge in [-0.15, -0.1) is 0 Å². The molecule has 11 heteroatoms. The van der Waals surface area contributed by atoms with Gasteiger partial charge >= 0.3 is 12.3 Å². The molecule has 1 aliphatic rings. The number of phenolic OH excluding ortho intramolecular Hbond substituents is 1. The van der Waals surface area contributed by atoms with Crippen molar-refractivity contribution < 1.29 is 38.1 Å². The van der Waals surface area contributed by atoms with Crippen LogP contribution in [0.15, 0.2) is 45.6 Å². The number of halogens is 1. The fourth-order valence-corrected chi connectivity index (χ4v) is 4.59. The van der Waals surface area contributed by atoms with Crippen LogP contribution in [0, 0.1) is 0 Å². The largest absolute Gasteiger partial charge is 0.513 e. The highest BCUT2D eigenvalue weighted by molar-refractivity contribution is 6.33. The minimum Gasteiger partial charge on any atom is -0.507 e. The van der Waals surface area contributed by atoms with Gasteiger partial charge in [0.1, 0.15) is 34.3 Å². The van der Waals surface area contributed by atoms with Crippen LogP contribution in [0.5, 0.6) is 11.5 Å². The Morgan fingerprint density at radius 2 is 1.86 bits per heavy atom. The van der Waals surface area contributed by atoms with Gasteiger partial charge in [-0.25, -0.2) is 9.59 Å². The first kappa shape index (κ1) is 25.3. The monoisotopic (exact) mass is 517 g/mol. The molecule has 10 nitrogen and oxygen atoms in total. The number of likely N-dealkylation sites (tertiary alicyclic amines) is 1. The normalized spacial score (nSPS) is 18.0. The summed E-state index contributed by atoms with van der Waals surface area (Å²) < 4.78 is 26.4. The van der Waals surface area contributed by atoms with Gasteiger partial charge in [0, 0.05) is 35.7 Å². The molecule has 4 rings (SSSR count). The van der Waals surface area contributed by atoms with Gasteiger partial charge in [0.25, 0.3) is 0 Å². The molecule has 190 valence electrons. The Kier molecular flexibility index (Phi) is 7.37. The number of aromatic hydroxyl groups is 1. The van der Waals surface area contributed by atoms with Gasteiger partial charge < -0.3 is 33.4 Å². The number of phenols is 1. The average molecular weight is 518 g/mol. The zero-order chi connectivity index (χ0) is 26.0. The predicted molar refractivity (Wildman–Crippen MR) is 130 cm³/mol. The summed E-state index contributed by atoms with van der Waals surface area (Å²) in [6.07, 6.45) is -2.25. The maximum Gasteiger partial charge on any atom is 0.513 e. The number of ether oxygens (including phenoxy) is 4. The summed E-state index contributed by atoms with van der Waals surface area (Å²) in [6, 6.07) is 9.17. The summed E-state index contributed by atoms with van der Waals surface area (Å²) >= 11 is 6.34. The first-order valence-corrected chi connectivity index (χ1v) is 11.4. The number of piperidine rings is 1. The van der Waals surface area contributed by atoms with E-state index >= 15 is 0 Å². The van der Waals surface area contributed by atoms with Gasteiger partial charge in [-0.2, -0.15) is 0 Å². The summed E-state index contributed by atoms with van der Waals surface area (Å²) in [7, 11) is 4.19. The molecule has 1 aromatic heterocycles. The van der Waals surface area contributed by atoms with Crippen LogP contribution in [-0.2, 0) is 14.2 Å². The summed E-state index contributed by atoms with van der Waals surface area (Å²) in [5.74, 6) is -0.996. The molecule has 1 aliphatic heterocycles. The maximum absolute atomic E-state index is 13.2. The first-order chi connectivity index (χ1) is 17.2. The summed E-state index contributed by atoms with van der Waals surface area (Å²) in [5, 5.41) is 10.9. The number of fused-ring (bicyclic) bond motifs is 1. The highest BCUT2D eigenvalue weighted by atomic mass is 35.5. The number of nitrogens with zero attached hydrogens (tertiary/aromatic N) is 1. The molecule has 36 heavy (non-hydrogen) atoms. The quantitative estimate of drug-likeness (QED) is 0.389. The SMILES string of the molecule is COC(=O)Oc1cc(O)c2c(=O)cc(-c3ccccc3Cl)oc2c1[C@H]1CCN(C)C[C@H]1OC(=O)OC. The number of likely N-dealkylation sites (N-methyl/N-ethyl adjacent to an activating group) is 1. The van der Waals surface area contributed by atoms with E-state index in [0.29, 0.717) is 30.1 Å². The van der Waals surface area contributed by atoms with Crippen LogP contribution >= 0.6 is 11.6 Å². The van der Waals surface area contributed by atoms with Crippen LogP contribution in [0.2, 0.25) is 5.02 Å². The molecule has 0 aliphatic carbocycles. The Bertz CT molecular complexity index is 1370. The second-order valence-corrected chi connectivity index (χ2v) is 8.70. The Morgan fingerprint density at radius 1 is 1.14 bits per heavy atom. The fourth-order valence-electron chi connectivity index (χ4n) is 4.36. The zero-order valence-electron chi connectivity index (χ0n) is 19.8. The van der Waals surface area contributed by atoms with Gasteiger partial charge in [-0.1, -0.05) is 23.7 Å². The topological polar surface area (TPSA) is 125 Å². The molecule has 0 saturated carbocycles. The van der Waals surface area contributed by atoms with Crippen LogP contribution in [0.3, 0.4) is 0 Å². The highest BCUT2D eigenvalue weighted by Crippen LogP contribution is 2.44. The molecule has 1 saturated heterocycles. The Labute approximate surface area is 210 Å². The number of hydrogen-bond donors (Lipinski definition) is 1. The van der Waals surface area contributed by atoms with Crippen LogP contribution in [0.4, 0.5) is 9.59 Å². The number of benzene rings is 2. The summed E-state index contributed by atoms with van der Waals surface area (Å²) in [6.45, 7) is 0.925. The van der Waals surface area contributed by atoms with Crippen molar-refractivity contribution in [2.45, 2.75) is 18.4 Å². The van der Waals surface area contributed by atoms with Crippen LogP contribution in [0.1, 0.15) is 17.9 Å². The van der Waals surface area contributed by atoms with Crippen molar-refractivity contribution in [1.29, 1.82) is 0 Å². The molecule has 0 unspecified atom stereocenters. The number of hydrogen-bond acceptors (Lipinski definition) is 10. The average Bonchev–Trinajstić information content (AvgIpc) is 2.84. The molecule has 0 bridgehead atoms. The predicted octanol–water partition coefficient (Wildman–Crippen LogP) is 4.53. The van der Waals surface area contributed by atoms with E-state index in [4.69, 9.17) is 25.5 Å². The lowest BCUT2D eigenvalue weighted by atomic mass is 9.85. The van der Waals surface area contributed by atoms with E-state index in [0.717, 1.165) is 13.2 Å². The van der Waals surface area contributed by atoms with E-state index in [1.165, 1.54) is 13.2 Å². The van der Waals surface area contributed by atoms with E-state index in [2.05, 4.69) is 9.47 Å². The van der Waals surface area contributed by atoms with Gasteiger partial charge in [-0.05, 0) is 32.1 Å². The van der Waals surface area contributed by atoms with E-state index in [9.17, 15) is 19.5 Å². The van der Waals surface area contributed by atoms with Crippen molar-refractivity contribution >= 4 is 34.9 Å². The second-order valence-electron chi connectivity index (χ2n) is 8.29. The van der Waals surface area contributed by atoms with Crippen molar-refractivity contribution in [1.82, 2.24) is 4.90 Å². The van der Waals surface area contributed by atoms with Gasteiger partial charge in [0.05, 0.1) is 19.2 Å². The van der Waals surface area contributed by atoms with E-state index in [-0.39, 0.29) is 28.0 Å². The summed E-state index contributed by atoms with van der Waals surface area (Å²) in [5.41, 5.74) is 0.159. The lowest BCUT2D eigenvalue weighted by Crippen LogP contribution is -2.43. The van der Waals surface area contributed by atoms with Crippen LogP contribution in [-0.4, -0.2) is 62.8 Å². The van der Waals surface area contributed by atoms with Crippen molar-refractivity contribution in [2.75, 3.05) is 34.4 Å². The highest BCUT2D eigenvalue weighted by Gasteiger charge is 2.37.